The first-order valence-corrected chi connectivity index (χ1v) is 4.69. The highest BCUT2D eigenvalue weighted by Crippen LogP contribution is 2.20. The number of hydrogen-bond donors (Lipinski definition) is 1. The van der Waals surface area contributed by atoms with Crippen molar-refractivity contribution in [1.29, 1.82) is 0 Å². The lowest BCUT2D eigenvalue weighted by molar-refractivity contribution is 0.253. The number of carbonyl (C=O) groups is 1. The Morgan fingerprint density at radius 3 is 2.87 bits per heavy atom. The summed E-state index contributed by atoms with van der Waals surface area (Å²) in [5, 5.41) is 3.17. The maximum absolute atomic E-state index is 11.6. The molecule has 0 bridgehead atoms. The van der Waals surface area contributed by atoms with Crippen LogP contribution in [0.25, 0.3) is 0 Å². The minimum absolute atomic E-state index is 0.291. The Morgan fingerprint density at radius 2 is 2.20 bits per heavy atom. The Bertz CT molecular complexity index is 467. The molecule has 0 saturated carbocycles. The van der Waals surface area contributed by atoms with Gasteiger partial charge in [-0.1, -0.05) is 23.7 Å². The molecule has 2 rings (SSSR count). The van der Waals surface area contributed by atoms with Crippen LogP contribution < -0.4 is 5.32 Å². The fourth-order valence-electron chi connectivity index (χ4n) is 1.12. The van der Waals surface area contributed by atoms with E-state index in [0.717, 1.165) is 0 Å². The molecular formula is C10H8ClN3O. The molecule has 15 heavy (non-hydrogen) atoms. The first-order valence-electron chi connectivity index (χ1n) is 4.31. The van der Waals surface area contributed by atoms with Crippen molar-refractivity contribution in [3.05, 3.63) is 48.0 Å². The smallest absolute Gasteiger partial charge is 0.306 e. The lowest BCUT2D eigenvalue weighted by Gasteiger charge is -2.06. The zero-order valence-electron chi connectivity index (χ0n) is 7.72. The van der Waals surface area contributed by atoms with Crippen molar-refractivity contribution in [1.82, 2.24) is 9.55 Å². The number of nitrogens with zero attached hydrogens (tertiary/aromatic N) is 2. The topological polar surface area (TPSA) is 46.9 Å². The second-order valence-electron chi connectivity index (χ2n) is 2.88. The quantitative estimate of drug-likeness (QED) is 0.805. The number of rotatable bonds is 1. The van der Waals surface area contributed by atoms with Gasteiger partial charge in [-0.3, -0.25) is 4.57 Å². The molecule has 1 heterocycles. The van der Waals surface area contributed by atoms with E-state index in [-0.39, 0.29) is 6.03 Å². The molecule has 0 saturated heterocycles. The van der Waals surface area contributed by atoms with E-state index in [0.29, 0.717) is 10.7 Å². The van der Waals surface area contributed by atoms with Gasteiger partial charge in [-0.2, -0.15) is 0 Å². The molecule has 1 amide bonds. The minimum Gasteiger partial charge on any atom is -0.306 e. The van der Waals surface area contributed by atoms with Gasteiger partial charge in [0.1, 0.15) is 6.33 Å². The monoisotopic (exact) mass is 221 g/mol. The van der Waals surface area contributed by atoms with Crippen molar-refractivity contribution >= 4 is 23.3 Å². The van der Waals surface area contributed by atoms with Crippen LogP contribution in [0.2, 0.25) is 5.02 Å². The van der Waals surface area contributed by atoms with Gasteiger partial charge in [0.15, 0.2) is 0 Å². The molecule has 0 aliphatic carbocycles. The van der Waals surface area contributed by atoms with Crippen molar-refractivity contribution in [3.8, 4) is 0 Å². The number of nitrogens with one attached hydrogen (secondary N) is 1. The molecule has 0 unspecified atom stereocenters. The van der Waals surface area contributed by atoms with E-state index < -0.39 is 0 Å². The zero-order chi connectivity index (χ0) is 10.7. The van der Waals surface area contributed by atoms with Crippen LogP contribution >= 0.6 is 11.6 Å². The van der Waals surface area contributed by atoms with Crippen LogP contribution in [-0.4, -0.2) is 15.6 Å². The zero-order valence-corrected chi connectivity index (χ0v) is 8.48. The van der Waals surface area contributed by atoms with Gasteiger partial charge in [0.25, 0.3) is 0 Å². The Kier molecular flexibility index (Phi) is 2.69. The van der Waals surface area contributed by atoms with Crippen LogP contribution in [-0.2, 0) is 0 Å². The third-order valence-corrected chi connectivity index (χ3v) is 2.18. The van der Waals surface area contributed by atoms with E-state index in [1.54, 1.807) is 30.5 Å². The number of anilines is 1. The number of halogens is 1. The van der Waals surface area contributed by atoms with Gasteiger partial charge in [-0.25, -0.2) is 9.78 Å². The summed E-state index contributed by atoms with van der Waals surface area (Å²) in [6.07, 6.45) is 4.52. The summed E-state index contributed by atoms with van der Waals surface area (Å²) in [6.45, 7) is 0. The number of aromatic nitrogens is 2. The van der Waals surface area contributed by atoms with Crippen molar-refractivity contribution in [2.24, 2.45) is 0 Å². The van der Waals surface area contributed by atoms with E-state index in [2.05, 4.69) is 10.3 Å². The highest BCUT2D eigenvalue weighted by atomic mass is 35.5. The molecule has 1 aromatic heterocycles. The number of amides is 1. The van der Waals surface area contributed by atoms with Gasteiger partial charge in [0.2, 0.25) is 0 Å². The van der Waals surface area contributed by atoms with Gasteiger partial charge >= 0.3 is 6.03 Å². The summed E-state index contributed by atoms with van der Waals surface area (Å²) >= 11 is 5.89. The van der Waals surface area contributed by atoms with Gasteiger partial charge in [0, 0.05) is 12.4 Å². The minimum atomic E-state index is -0.291. The first-order chi connectivity index (χ1) is 7.27. The third-order valence-electron chi connectivity index (χ3n) is 1.85. The fourth-order valence-corrected chi connectivity index (χ4v) is 1.30. The molecule has 0 aliphatic rings. The molecule has 5 heteroatoms. The molecule has 4 nitrogen and oxygen atoms in total. The van der Waals surface area contributed by atoms with Crippen LogP contribution in [0.3, 0.4) is 0 Å². The number of carbonyl (C=O) groups excluding carboxylic acids is 1. The number of imidazole rings is 1. The van der Waals surface area contributed by atoms with Crippen molar-refractivity contribution in [2.45, 2.75) is 0 Å². The first kappa shape index (κ1) is 9.73. The molecule has 0 aliphatic heterocycles. The van der Waals surface area contributed by atoms with Gasteiger partial charge in [0.05, 0.1) is 10.7 Å². The van der Waals surface area contributed by atoms with Crippen molar-refractivity contribution < 1.29 is 4.79 Å². The van der Waals surface area contributed by atoms with E-state index in [9.17, 15) is 4.79 Å². The molecule has 0 spiro atoms. The largest absolute Gasteiger partial charge is 0.331 e. The summed E-state index contributed by atoms with van der Waals surface area (Å²) in [5.41, 5.74) is 0.581. The molecule has 76 valence electrons. The average molecular weight is 222 g/mol. The SMILES string of the molecule is O=C(Nc1ccccc1Cl)n1ccnc1. The van der Waals surface area contributed by atoms with E-state index in [1.807, 2.05) is 0 Å². The van der Waals surface area contributed by atoms with Crippen molar-refractivity contribution in [2.75, 3.05) is 5.32 Å². The van der Waals surface area contributed by atoms with Crippen LogP contribution in [0.1, 0.15) is 0 Å². The van der Waals surface area contributed by atoms with Gasteiger partial charge in [-0.15, -0.1) is 0 Å². The number of para-hydroxylation sites is 1. The summed E-state index contributed by atoms with van der Waals surface area (Å²) < 4.78 is 1.34. The summed E-state index contributed by atoms with van der Waals surface area (Å²) in [5.74, 6) is 0. The van der Waals surface area contributed by atoms with Gasteiger partial charge < -0.3 is 5.32 Å². The Labute approximate surface area is 91.5 Å². The maximum Gasteiger partial charge on any atom is 0.331 e. The maximum atomic E-state index is 11.6. The Morgan fingerprint density at radius 1 is 1.40 bits per heavy atom. The summed E-state index contributed by atoms with van der Waals surface area (Å²) in [6, 6.07) is 6.76. The van der Waals surface area contributed by atoms with Crippen LogP contribution in [0.4, 0.5) is 10.5 Å². The van der Waals surface area contributed by atoms with Crippen LogP contribution in [0.15, 0.2) is 43.0 Å². The lowest BCUT2D eigenvalue weighted by Crippen LogP contribution is -2.17. The predicted octanol–water partition coefficient (Wildman–Crippen LogP) is 2.62. The lowest BCUT2D eigenvalue weighted by atomic mass is 10.3. The van der Waals surface area contributed by atoms with Crippen LogP contribution in [0, 0.1) is 0 Å². The average Bonchev–Trinajstić information content (AvgIpc) is 2.74. The predicted molar refractivity (Wildman–Crippen MR) is 58.1 cm³/mol. The molecule has 1 N–H and O–H groups in total. The summed E-state index contributed by atoms with van der Waals surface area (Å²) in [7, 11) is 0. The Balaban J connectivity index is 2.17. The van der Waals surface area contributed by atoms with Crippen molar-refractivity contribution in [3.63, 3.8) is 0 Å². The fraction of sp³-hybridized carbons (Fsp3) is 0. The summed E-state index contributed by atoms with van der Waals surface area (Å²) in [4.78, 5) is 15.4. The molecular weight excluding hydrogens is 214 g/mol. The molecule has 0 atom stereocenters. The number of benzene rings is 1. The van der Waals surface area contributed by atoms with E-state index in [1.165, 1.54) is 17.1 Å². The molecule has 1 aromatic carbocycles. The Hall–Kier alpha value is -1.81. The van der Waals surface area contributed by atoms with Gasteiger partial charge in [-0.05, 0) is 12.1 Å². The molecule has 0 fully saturated rings. The second-order valence-corrected chi connectivity index (χ2v) is 3.29. The number of hydrogen-bond acceptors (Lipinski definition) is 2. The third kappa shape index (κ3) is 2.16. The highest BCUT2D eigenvalue weighted by Gasteiger charge is 2.05. The van der Waals surface area contributed by atoms with E-state index >= 15 is 0 Å². The van der Waals surface area contributed by atoms with Crippen LogP contribution in [0.5, 0.6) is 0 Å². The second kappa shape index (κ2) is 4.14. The molecule has 0 radical (unpaired) electrons. The normalized spacial score (nSPS) is 9.93. The standard InChI is InChI=1S/C10H8ClN3O/c11-8-3-1-2-4-9(8)13-10(15)14-6-5-12-7-14/h1-7H,(H,13,15). The van der Waals surface area contributed by atoms with E-state index in [4.69, 9.17) is 11.6 Å². The highest BCUT2D eigenvalue weighted by molar-refractivity contribution is 6.33. The molecule has 2 aromatic rings.